The van der Waals surface area contributed by atoms with Crippen LogP contribution in [0.5, 0.6) is 0 Å². The summed E-state index contributed by atoms with van der Waals surface area (Å²) in [5, 5.41) is 11.4. The molecule has 2 heterocycles. The number of aliphatic imine (C=N–C) groups is 1. The van der Waals surface area contributed by atoms with Gasteiger partial charge in [0.2, 0.25) is 5.89 Å². The van der Waals surface area contributed by atoms with Gasteiger partial charge in [-0.1, -0.05) is 36.4 Å². The van der Waals surface area contributed by atoms with Gasteiger partial charge in [-0.15, -0.1) is 24.0 Å². The molecule has 0 fully saturated rings. The highest BCUT2D eigenvalue weighted by molar-refractivity contribution is 14.0. The molecule has 7 nitrogen and oxygen atoms in total. The Morgan fingerprint density at radius 3 is 2.50 bits per heavy atom. The van der Waals surface area contributed by atoms with Crippen LogP contribution in [0.15, 0.2) is 82.5 Å². The molecule has 0 radical (unpaired) electrons. The van der Waals surface area contributed by atoms with E-state index >= 15 is 0 Å². The lowest BCUT2D eigenvalue weighted by Gasteiger charge is -2.10. The van der Waals surface area contributed by atoms with E-state index in [2.05, 4.69) is 57.9 Å². The van der Waals surface area contributed by atoms with Gasteiger partial charge in [-0.3, -0.25) is 0 Å². The molecule has 34 heavy (non-hydrogen) atoms. The van der Waals surface area contributed by atoms with E-state index < -0.39 is 0 Å². The first-order chi connectivity index (χ1) is 16.2. The van der Waals surface area contributed by atoms with Crippen molar-refractivity contribution in [1.82, 2.24) is 25.4 Å². The zero-order valence-electron chi connectivity index (χ0n) is 19.6. The van der Waals surface area contributed by atoms with Crippen molar-refractivity contribution in [2.24, 2.45) is 4.99 Å². The maximum absolute atomic E-state index is 5.61. The molecule has 0 unspecified atom stereocenters. The molecule has 2 aromatic heterocycles. The summed E-state index contributed by atoms with van der Waals surface area (Å²) in [4.78, 5) is 9.20. The van der Waals surface area contributed by atoms with Crippen LogP contribution in [0.25, 0.3) is 17.1 Å². The van der Waals surface area contributed by atoms with Crippen LogP contribution in [0.4, 0.5) is 0 Å². The largest absolute Gasteiger partial charge is 0.444 e. The summed E-state index contributed by atoms with van der Waals surface area (Å²) in [7, 11) is 0. The number of nitrogens with zero attached hydrogens (tertiary/aromatic N) is 4. The molecule has 0 amide bonds. The van der Waals surface area contributed by atoms with Crippen molar-refractivity contribution in [2.45, 2.75) is 33.2 Å². The first-order valence-electron chi connectivity index (χ1n) is 11.4. The Hall–Kier alpha value is -3.14. The van der Waals surface area contributed by atoms with Crippen LogP contribution in [0.3, 0.4) is 0 Å². The number of hydrogen-bond donors (Lipinski definition) is 2. The van der Waals surface area contributed by atoms with E-state index in [9.17, 15) is 0 Å². The number of nitrogens with one attached hydrogen (secondary N) is 2. The molecule has 8 heteroatoms. The monoisotopic (exact) mass is 570 g/mol. The van der Waals surface area contributed by atoms with E-state index in [1.54, 1.807) is 6.26 Å². The lowest BCUT2D eigenvalue weighted by molar-refractivity contribution is 0.572. The van der Waals surface area contributed by atoms with E-state index in [1.165, 1.54) is 5.56 Å². The van der Waals surface area contributed by atoms with Crippen molar-refractivity contribution in [2.75, 3.05) is 13.1 Å². The van der Waals surface area contributed by atoms with Gasteiger partial charge in [0.15, 0.2) is 5.96 Å². The molecule has 0 bridgehead atoms. The van der Waals surface area contributed by atoms with Gasteiger partial charge in [-0.05, 0) is 56.5 Å². The van der Waals surface area contributed by atoms with Crippen LogP contribution in [0.2, 0.25) is 0 Å². The molecule has 0 aliphatic heterocycles. The van der Waals surface area contributed by atoms with Gasteiger partial charge in [0, 0.05) is 24.8 Å². The number of rotatable bonds is 9. The van der Waals surface area contributed by atoms with Gasteiger partial charge in [0.05, 0.1) is 17.9 Å². The summed E-state index contributed by atoms with van der Waals surface area (Å²) < 4.78 is 7.56. The molecule has 0 saturated carbocycles. The summed E-state index contributed by atoms with van der Waals surface area (Å²) in [6.07, 6.45) is 5.73. The minimum atomic E-state index is 0. The zero-order valence-corrected chi connectivity index (χ0v) is 21.9. The maximum atomic E-state index is 5.61. The molecule has 4 aromatic rings. The molecule has 178 valence electrons. The van der Waals surface area contributed by atoms with Crippen molar-refractivity contribution in [3.63, 3.8) is 0 Å². The zero-order chi connectivity index (χ0) is 22.9. The average molecular weight is 570 g/mol. The Kier molecular flexibility index (Phi) is 9.69. The number of halogens is 1. The van der Waals surface area contributed by atoms with Gasteiger partial charge in [0.1, 0.15) is 12.0 Å². The van der Waals surface area contributed by atoms with E-state index in [0.717, 1.165) is 54.5 Å². The highest BCUT2D eigenvalue weighted by atomic mass is 127. The lowest BCUT2D eigenvalue weighted by atomic mass is 10.1. The maximum Gasteiger partial charge on any atom is 0.226 e. The number of aromatic nitrogens is 3. The average Bonchev–Trinajstić information content (AvgIpc) is 3.48. The smallest absolute Gasteiger partial charge is 0.226 e. The summed E-state index contributed by atoms with van der Waals surface area (Å²) in [5.74, 6) is 1.39. The van der Waals surface area contributed by atoms with Gasteiger partial charge in [-0.25, -0.2) is 14.7 Å². The second-order valence-corrected chi connectivity index (χ2v) is 7.76. The van der Waals surface area contributed by atoms with Crippen molar-refractivity contribution in [3.8, 4) is 17.1 Å². The van der Waals surface area contributed by atoms with Gasteiger partial charge >= 0.3 is 0 Å². The molecule has 0 aliphatic rings. The third kappa shape index (κ3) is 6.93. The number of benzene rings is 2. The van der Waals surface area contributed by atoms with Gasteiger partial charge in [0.25, 0.3) is 0 Å². The molecule has 0 aliphatic carbocycles. The normalized spacial score (nSPS) is 11.2. The van der Waals surface area contributed by atoms with Crippen LogP contribution in [-0.2, 0) is 13.0 Å². The standard InChI is InChI=1S/C26H30N6O.HI/c1-3-27-26(29-17-23-19-33-25(30-23)21-11-6-4-7-12-21)28-16-10-13-22-18-32(31-20(22)2)24-14-8-5-9-15-24;/h4-9,11-12,14-15,18-19H,3,10,13,16-17H2,1-2H3,(H2,27,28,29);1H. The molecule has 0 spiro atoms. The van der Waals surface area contributed by atoms with E-state index in [-0.39, 0.29) is 24.0 Å². The Labute approximate surface area is 217 Å². The summed E-state index contributed by atoms with van der Waals surface area (Å²) in [6.45, 7) is 6.19. The fourth-order valence-corrected chi connectivity index (χ4v) is 3.53. The van der Waals surface area contributed by atoms with Crippen molar-refractivity contribution in [3.05, 3.63) is 90.1 Å². The SMILES string of the molecule is CCNC(=NCc1coc(-c2ccccc2)n1)NCCCc1cn(-c2ccccc2)nc1C.I. The van der Waals surface area contributed by atoms with Crippen molar-refractivity contribution < 1.29 is 4.42 Å². The quantitative estimate of drug-likeness (QED) is 0.126. The van der Waals surface area contributed by atoms with Gasteiger partial charge < -0.3 is 15.1 Å². The fraction of sp³-hybridized carbons (Fsp3) is 0.269. The third-order valence-corrected chi connectivity index (χ3v) is 5.25. The second kappa shape index (κ2) is 12.9. The third-order valence-electron chi connectivity index (χ3n) is 5.25. The van der Waals surface area contributed by atoms with Crippen LogP contribution in [0.1, 0.15) is 30.3 Å². The highest BCUT2D eigenvalue weighted by Crippen LogP contribution is 2.18. The van der Waals surface area contributed by atoms with Crippen molar-refractivity contribution in [1.29, 1.82) is 0 Å². The molecule has 2 N–H and O–H groups in total. The molecule has 0 saturated heterocycles. The molecule has 0 atom stereocenters. The minimum absolute atomic E-state index is 0. The van der Waals surface area contributed by atoms with E-state index in [1.807, 2.05) is 53.2 Å². The molecular formula is C26H31IN6O. The van der Waals surface area contributed by atoms with Gasteiger partial charge in [-0.2, -0.15) is 5.10 Å². The topological polar surface area (TPSA) is 80.3 Å². The minimum Gasteiger partial charge on any atom is -0.444 e. The molecular weight excluding hydrogens is 539 g/mol. The summed E-state index contributed by atoms with van der Waals surface area (Å²) in [6, 6.07) is 20.1. The first-order valence-corrected chi connectivity index (χ1v) is 11.4. The van der Waals surface area contributed by atoms with Crippen LogP contribution in [0, 0.1) is 6.92 Å². The highest BCUT2D eigenvalue weighted by Gasteiger charge is 2.08. The van der Waals surface area contributed by atoms with Crippen molar-refractivity contribution >= 4 is 29.9 Å². The summed E-state index contributed by atoms with van der Waals surface area (Å²) in [5.41, 5.74) is 5.17. The Morgan fingerprint density at radius 2 is 1.76 bits per heavy atom. The number of aryl methyl sites for hydroxylation is 2. The predicted octanol–water partition coefficient (Wildman–Crippen LogP) is 5.14. The van der Waals surface area contributed by atoms with E-state index in [4.69, 9.17) is 4.42 Å². The number of oxazole rings is 1. The van der Waals surface area contributed by atoms with E-state index in [0.29, 0.717) is 12.4 Å². The fourth-order valence-electron chi connectivity index (χ4n) is 3.53. The number of para-hydroxylation sites is 1. The second-order valence-electron chi connectivity index (χ2n) is 7.76. The molecule has 4 rings (SSSR count). The Balaban J connectivity index is 0.00000324. The Bertz CT molecular complexity index is 1170. The van der Waals surface area contributed by atoms with Crippen LogP contribution >= 0.6 is 24.0 Å². The molecule has 2 aromatic carbocycles. The first kappa shape index (κ1) is 25.5. The van der Waals surface area contributed by atoms with Crippen LogP contribution in [-0.4, -0.2) is 33.8 Å². The summed E-state index contributed by atoms with van der Waals surface area (Å²) >= 11 is 0. The predicted molar refractivity (Wildman–Crippen MR) is 147 cm³/mol. The lowest BCUT2D eigenvalue weighted by Crippen LogP contribution is -2.37. The number of hydrogen-bond acceptors (Lipinski definition) is 4. The number of guanidine groups is 1. The Morgan fingerprint density at radius 1 is 1.03 bits per heavy atom. The van der Waals surface area contributed by atoms with Crippen LogP contribution < -0.4 is 10.6 Å².